The lowest BCUT2D eigenvalue weighted by atomic mass is 9.97. The first kappa shape index (κ1) is 18.3. The van der Waals surface area contributed by atoms with E-state index < -0.39 is 10.0 Å². The maximum absolute atomic E-state index is 12.9. The summed E-state index contributed by atoms with van der Waals surface area (Å²) in [5, 5.41) is 4.35. The number of hydrogen-bond acceptors (Lipinski definition) is 5. The van der Waals surface area contributed by atoms with Gasteiger partial charge in [-0.25, -0.2) is 13.1 Å². The average Bonchev–Trinajstić information content (AvgIpc) is 2.92. The van der Waals surface area contributed by atoms with Crippen LogP contribution in [0.5, 0.6) is 0 Å². The Labute approximate surface area is 148 Å². The van der Waals surface area contributed by atoms with Crippen LogP contribution < -0.4 is 4.72 Å². The third kappa shape index (κ3) is 5.02. The van der Waals surface area contributed by atoms with E-state index in [1.165, 1.54) is 0 Å². The van der Waals surface area contributed by atoms with Crippen molar-refractivity contribution in [3.05, 3.63) is 18.0 Å². The highest BCUT2D eigenvalue weighted by Crippen LogP contribution is 2.23. The van der Waals surface area contributed by atoms with Gasteiger partial charge in [0.1, 0.15) is 0 Å². The highest BCUT2D eigenvalue weighted by Gasteiger charge is 2.30. The van der Waals surface area contributed by atoms with Crippen molar-refractivity contribution in [2.75, 3.05) is 32.6 Å². The molecule has 1 aromatic rings. The van der Waals surface area contributed by atoms with Crippen molar-refractivity contribution in [3.63, 3.8) is 0 Å². The van der Waals surface area contributed by atoms with Crippen LogP contribution in [-0.2, 0) is 32.6 Å². The zero-order chi connectivity index (χ0) is 17.9. The fraction of sp³-hybridized carbons (Fsp3) is 0.750. The van der Waals surface area contributed by atoms with Crippen LogP contribution in [-0.4, -0.2) is 61.6 Å². The third-order valence-electron chi connectivity index (χ3n) is 4.87. The van der Waals surface area contributed by atoms with E-state index in [4.69, 9.17) is 4.74 Å². The lowest BCUT2D eigenvalue weighted by molar-refractivity contribution is -0.139. The zero-order valence-electron chi connectivity index (χ0n) is 14.6. The molecule has 0 spiro atoms. The summed E-state index contributed by atoms with van der Waals surface area (Å²) < 4.78 is 32.4. The second-order valence-electron chi connectivity index (χ2n) is 6.93. The van der Waals surface area contributed by atoms with E-state index in [9.17, 15) is 13.2 Å². The van der Waals surface area contributed by atoms with Gasteiger partial charge in [0, 0.05) is 45.0 Å². The first-order valence-electron chi connectivity index (χ1n) is 8.74. The van der Waals surface area contributed by atoms with Gasteiger partial charge in [0.2, 0.25) is 15.9 Å². The van der Waals surface area contributed by atoms with Gasteiger partial charge >= 0.3 is 0 Å². The summed E-state index contributed by atoms with van der Waals surface area (Å²) >= 11 is 0. The predicted molar refractivity (Wildman–Crippen MR) is 92.1 cm³/mol. The molecule has 1 fully saturated rings. The summed E-state index contributed by atoms with van der Waals surface area (Å²) in [6.45, 7) is 3.55. The lowest BCUT2D eigenvalue weighted by Gasteiger charge is -2.30. The Hall–Kier alpha value is -1.45. The van der Waals surface area contributed by atoms with Crippen LogP contribution in [0.4, 0.5) is 0 Å². The number of sulfonamides is 1. The van der Waals surface area contributed by atoms with Crippen molar-refractivity contribution in [2.24, 2.45) is 11.8 Å². The van der Waals surface area contributed by atoms with E-state index in [1.807, 2.05) is 15.6 Å². The number of hydrogen-bond donors (Lipinski definition) is 1. The Bertz CT molecular complexity index is 697. The molecule has 1 amide bonds. The van der Waals surface area contributed by atoms with Crippen LogP contribution in [0.15, 0.2) is 12.3 Å². The average molecular weight is 370 g/mol. The minimum absolute atomic E-state index is 0.0259. The summed E-state index contributed by atoms with van der Waals surface area (Å²) in [6.07, 6.45) is 5.13. The molecule has 0 bridgehead atoms. The minimum Gasteiger partial charge on any atom is -0.381 e. The van der Waals surface area contributed by atoms with Crippen LogP contribution in [0.25, 0.3) is 0 Å². The number of nitrogens with one attached hydrogen (secondary N) is 1. The molecular weight excluding hydrogens is 344 g/mol. The fourth-order valence-electron chi connectivity index (χ4n) is 3.53. The standard InChI is InChI=1S/C16H26N4O4S/c1-25(22,23)18-7-2-13-10-19(12-15-3-6-17-20(15)11-13)16(21)14-4-8-24-9-5-14/h3,6,13-14,18H,2,4-5,7-12H2,1H3/t13-/m1/s1. The molecular formula is C16H26N4O4S. The molecule has 2 aliphatic heterocycles. The van der Waals surface area contributed by atoms with Crippen molar-refractivity contribution in [1.82, 2.24) is 19.4 Å². The molecule has 8 nitrogen and oxygen atoms in total. The molecule has 1 atom stereocenters. The number of aromatic nitrogens is 2. The molecule has 0 saturated carbocycles. The number of nitrogens with zero attached hydrogens (tertiary/aromatic N) is 3. The van der Waals surface area contributed by atoms with Gasteiger partial charge in [-0.15, -0.1) is 0 Å². The Kier molecular flexibility index (Phi) is 5.75. The van der Waals surface area contributed by atoms with E-state index in [-0.39, 0.29) is 17.7 Å². The Morgan fingerprint density at radius 3 is 2.84 bits per heavy atom. The van der Waals surface area contributed by atoms with Crippen LogP contribution in [0, 0.1) is 11.8 Å². The van der Waals surface area contributed by atoms with E-state index in [0.29, 0.717) is 45.8 Å². The highest BCUT2D eigenvalue weighted by atomic mass is 32.2. The van der Waals surface area contributed by atoms with Crippen molar-refractivity contribution >= 4 is 15.9 Å². The predicted octanol–water partition coefficient (Wildman–Crippen LogP) is 0.207. The lowest BCUT2D eigenvalue weighted by Crippen LogP contribution is -2.40. The summed E-state index contributed by atoms with van der Waals surface area (Å²) in [7, 11) is -3.20. The Morgan fingerprint density at radius 2 is 2.12 bits per heavy atom. The van der Waals surface area contributed by atoms with Gasteiger partial charge in [-0.05, 0) is 31.2 Å². The van der Waals surface area contributed by atoms with Gasteiger partial charge < -0.3 is 9.64 Å². The number of carbonyl (C=O) groups is 1. The molecule has 0 aromatic carbocycles. The molecule has 9 heteroatoms. The smallest absolute Gasteiger partial charge is 0.226 e. The number of carbonyl (C=O) groups excluding carboxylic acids is 1. The van der Waals surface area contributed by atoms with Crippen molar-refractivity contribution in [3.8, 4) is 0 Å². The third-order valence-corrected chi connectivity index (χ3v) is 5.59. The zero-order valence-corrected chi connectivity index (χ0v) is 15.4. The molecule has 0 radical (unpaired) electrons. The van der Waals surface area contributed by atoms with Gasteiger partial charge in [0.05, 0.1) is 18.5 Å². The fourth-order valence-corrected chi connectivity index (χ4v) is 4.02. The maximum Gasteiger partial charge on any atom is 0.226 e. The number of amides is 1. The van der Waals surface area contributed by atoms with Gasteiger partial charge in [-0.1, -0.05) is 0 Å². The first-order valence-corrected chi connectivity index (χ1v) is 10.6. The van der Waals surface area contributed by atoms with Gasteiger partial charge in [0.15, 0.2) is 0 Å². The molecule has 1 N–H and O–H groups in total. The van der Waals surface area contributed by atoms with E-state index in [2.05, 4.69) is 9.82 Å². The molecule has 1 saturated heterocycles. The van der Waals surface area contributed by atoms with Gasteiger partial charge in [0.25, 0.3) is 0 Å². The molecule has 1 aromatic heterocycles. The van der Waals surface area contributed by atoms with Crippen molar-refractivity contribution in [2.45, 2.75) is 32.4 Å². The molecule has 0 unspecified atom stereocenters. The van der Waals surface area contributed by atoms with Gasteiger partial charge in [-0.2, -0.15) is 5.10 Å². The maximum atomic E-state index is 12.9. The van der Waals surface area contributed by atoms with E-state index in [0.717, 1.165) is 24.8 Å². The van der Waals surface area contributed by atoms with Crippen LogP contribution in [0.3, 0.4) is 0 Å². The van der Waals surface area contributed by atoms with Crippen LogP contribution in [0.1, 0.15) is 25.0 Å². The van der Waals surface area contributed by atoms with Crippen molar-refractivity contribution < 1.29 is 17.9 Å². The minimum atomic E-state index is -3.20. The van der Waals surface area contributed by atoms with Crippen LogP contribution in [0.2, 0.25) is 0 Å². The summed E-state index contributed by atoms with van der Waals surface area (Å²) in [4.78, 5) is 14.9. The first-order chi connectivity index (χ1) is 11.9. The molecule has 2 aliphatic rings. The van der Waals surface area contributed by atoms with Gasteiger partial charge in [-0.3, -0.25) is 9.48 Å². The number of fused-ring (bicyclic) bond motifs is 1. The summed E-state index contributed by atoms with van der Waals surface area (Å²) in [6, 6.07) is 1.95. The van der Waals surface area contributed by atoms with E-state index in [1.54, 1.807) is 6.20 Å². The second-order valence-corrected chi connectivity index (χ2v) is 8.76. The Balaban J connectivity index is 1.68. The highest BCUT2D eigenvalue weighted by molar-refractivity contribution is 7.88. The van der Waals surface area contributed by atoms with Crippen molar-refractivity contribution in [1.29, 1.82) is 0 Å². The molecule has 0 aliphatic carbocycles. The molecule has 25 heavy (non-hydrogen) atoms. The quantitative estimate of drug-likeness (QED) is 0.800. The molecule has 3 heterocycles. The van der Waals surface area contributed by atoms with E-state index >= 15 is 0 Å². The summed E-state index contributed by atoms with van der Waals surface area (Å²) in [5.41, 5.74) is 1.03. The summed E-state index contributed by atoms with van der Waals surface area (Å²) in [5.74, 6) is 0.372. The number of ether oxygens (including phenoxy) is 1. The number of rotatable bonds is 5. The SMILES string of the molecule is CS(=O)(=O)NCC[C@@H]1CN(C(=O)C2CCOCC2)Cc2ccnn2C1. The monoisotopic (exact) mass is 370 g/mol. The largest absolute Gasteiger partial charge is 0.381 e. The molecule has 3 rings (SSSR count). The Morgan fingerprint density at radius 1 is 1.36 bits per heavy atom. The normalized spacial score (nSPS) is 22.4. The molecule has 140 valence electrons. The topological polar surface area (TPSA) is 93.5 Å². The van der Waals surface area contributed by atoms with Crippen LogP contribution >= 0.6 is 0 Å². The second kappa shape index (κ2) is 7.84.